The van der Waals surface area contributed by atoms with Crippen molar-refractivity contribution in [3.05, 3.63) is 88.0 Å². The van der Waals surface area contributed by atoms with E-state index in [-0.39, 0.29) is 11.8 Å². The average Bonchev–Trinajstić information content (AvgIpc) is 3.30. The quantitative estimate of drug-likeness (QED) is 0.633. The van der Waals surface area contributed by atoms with Crippen LogP contribution in [0.3, 0.4) is 0 Å². The first-order valence-corrected chi connectivity index (χ1v) is 9.98. The van der Waals surface area contributed by atoms with E-state index < -0.39 is 11.5 Å². The van der Waals surface area contributed by atoms with Crippen molar-refractivity contribution in [1.29, 1.82) is 0 Å². The van der Waals surface area contributed by atoms with E-state index in [0.717, 1.165) is 11.3 Å². The molecule has 2 aliphatic rings. The molecular weight excluding hydrogens is 407 g/mol. The predicted octanol–water partition coefficient (Wildman–Crippen LogP) is 3.45. The van der Waals surface area contributed by atoms with E-state index >= 15 is 0 Å². The standard InChI is InChI=1S/C22H18ClFN4O2/c1-14-12-19-21(30)27-11-10-26(20(29)15-2-8-18(24)9-3-15)22(27,13-28(19)25-14)16-4-6-17(23)7-5-16/h2-9,12H,10-11,13H2,1H3. The fraction of sp³-hybridized carbons (Fsp3) is 0.227. The van der Waals surface area contributed by atoms with Crippen LogP contribution in [0.4, 0.5) is 4.39 Å². The van der Waals surface area contributed by atoms with Crippen LogP contribution in [0.5, 0.6) is 0 Å². The molecule has 5 rings (SSSR count). The molecule has 1 unspecified atom stereocenters. The average molecular weight is 425 g/mol. The van der Waals surface area contributed by atoms with Crippen molar-refractivity contribution >= 4 is 23.4 Å². The number of hydrogen-bond donors (Lipinski definition) is 0. The van der Waals surface area contributed by atoms with Gasteiger partial charge in [0.05, 0.1) is 12.2 Å². The van der Waals surface area contributed by atoms with Crippen LogP contribution < -0.4 is 0 Å². The van der Waals surface area contributed by atoms with Crippen molar-refractivity contribution in [1.82, 2.24) is 19.6 Å². The summed E-state index contributed by atoms with van der Waals surface area (Å²) in [7, 11) is 0. The van der Waals surface area contributed by atoms with Gasteiger partial charge in [-0.05, 0) is 49.4 Å². The lowest BCUT2D eigenvalue weighted by molar-refractivity contribution is -0.00850. The number of benzene rings is 2. The van der Waals surface area contributed by atoms with E-state index in [2.05, 4.69) is 5.10 Å². The molecule has 6 nitrogen and oxygen atoms in total. The summed E-state index contributed by atoms with van der Waals surface area (Å²) in [6.45, 7) is 2.88. The Balaban J connectivity index is 1.68. The molecule has 2 amide bonds. The van der Waals surface area contributed by atoms with E-state index in [1.54, 1.807) is 32.7 Å². The Labute approximate surface area is 177 Å². The van der Waals surface area contributed by atoms with Gasteiger partial charge in [0.15, 0.2) is 5.66 Å². The molecule has 0 spiro atoms. The first-order chi connectivity index (χ1) is 14.4. The molecule has 2 aromatic carbocycles. The minimum Gasteiger partial charge on any atom is -0.308 e. The lowest BCUT2D eigenvalue weighted by atomic mass is 9.93. The fourth-order valence-corrected chi connectivity index (χ4v) is 4.60. The van der Waals surface area contributed by atoms with Gasteiger partial charge >= 0.3 is 0 Å². The van der Waals surface area contributed by atoms with Crippen molar-refractivity contribution in [2.75, 3.05) is 13.1 Å². The molecule has 0 saturated carbocycles. The normalized spacial score (nSPS) is 20.3. The molecule has 152 valence electrons. The fourth-order valence-electron chi connectivity index (χ4n) is 4.48. The number of halogens is 2. The Morgan fingerprint density at radius 3 is 2.50 bits per heavy atom. The maximum atomic E-state index is 13.5. The number of aromatic nitrogens is 2. The van der Waals surface area contributed by atoms with Crippen molar-refractivity contribution < 1.29 is 14.0 Å². The molecule has 3 aromatic rings. The van der Waals surface area contributed by atoms with Crippen LogP contribution in [-0.2, 0) is 12.2 Å². The SMILES string of the molecule is Cc1cc2n(n1)CC1(c3ccc(Cl)cc3)N(C(=O)c3ccc(F)cc3)CCN1C2=O. The second kappa shape index (κ2) is 6.67. The Bertz CT molecular complexity index is 1160. The van der Waals surface area contributed by atoms with Crippen LogP contribution in [0.1, 0.15) is 32.1 Å². The Kier molecular flexibility index (Phi) is 4.18. The summed E-state index contributed by atoms with van der Waals surface area (Å²) in [5.74, 6) is -0.856. The second-order valence-electron chi connectivity index (χ2n) is 7.57. The zero-order valence-electron chi connectivity index (χ0n) is 16.2. The van der Waals surface area contributed by atoms with Gasteiger partial charge in [0.1, 0.15) is 11.5 Å². The molecule has 0 bridgehead atoms. The minimum atomic E-state index is -1.04. The van der Waals surface area contributed by atoms with Gasteiger partial charge in [-0.15, -0.1) is 0 Å². The molecule has 3 heterocycles. The van der Waals surface area contributed by atoms with E-state index in [9.17, 15) is 14.0 Å². The largest absolute Gasteiger partial charge is 0.308 e. The molecular formula is C22H18ClFN4O2. The zero-order valence-corrected chi connectivity index (χ0v) is 16.9. The van der Waals surface area contributed by atoms with Crippen molar-refractivity contribution in [3.8, 4) is 0 Å². The number of rotatable bonds is 2. The van der Waals surface area contributed by atoms with Crippen LogP contribution in [-0.4, -0.2) is 44.5 Å². The molecule has 8 heteroatoms. The van der Waals surface area contributed by atoms with Crippen LogP contribution in [0.15, 0.2) is 54.6 Å². The van der Waals surface area contributed by atoms with Crippen LogP contribution >= 0.6 is 11.6 Å². The maximum Gasteiger partial charge on any atom is 0.274 e. The Morgan fingerprint density at radius 1 is 1.10 bits per heavy atom. The van der Waals surface area contributed by atoms with Gasteiger partial charge in [-0.1, -0.05) is 23.7 Å². The van der Waals surface area contributed by atoms with Crippen molar-refractivity contribution in [2.45, 2.75) is 19.1 Å². The van der Waals surface area contributed by atoms with Gasteiger partial charge in [0.2, 0.25) is 0 Å². The van der Waals surface area contributed by atoms with Gasteiger partial charge in [0, 0.05) is 29.2 Å². The summed E-state index contributed by atoms with van der Waals surface area (Å²) < 4.78 is 15.1. The van der Waals surface area contributed by atoms with Gasteiger partial charge in [-0.25, -0.2) is 4.39 Å². The van der Waals surface area contributed by atoms with Gasteiger partial charge in [-0.2, -0.15) is 5.10 Å². The number of hydrogen-bond acceptors (Lipinski definition) is 3. The second-order valence-corrected chi connectivity index (χ2v) is 8.01. The van der Waals surface area contributed by atoms with E-state index in [4.69, 9.17) is 11.6 Å². The third-order valence-electron chi connectivity index (χ3n) is 5.82. The van der Waals surface area contributed by atoms with Crippen molar-refractivity contribution in [2.24, 2.45) is 0 Å². The summed E-state index contributed by atoms with van der Waals surface area (Å²) in [6, 6.07) is 14.4. The molecule has 0 radical (unpaired) electrons. The zero-order chi connectivity index (χ0) is 21.0. The van der Waals surface area contributed by atoms with Crippen LogP contribution in [0, 0.1) is 12.7 Å². The summed E-state index contributed by atoms with van der Waals surface area (Å²) in [6.07, 6.45) is 0. The summed E-state index contributed by atoms with van der Waals surface area (Å²) in [5.41, 5.74) is 1.34. The molecule has 0 N–H and O–H groups in total. The van der Waals surface area contributed by atoms with Gasteiger partial charge in [-0.3, -0.25) is 14.3 Å². The summed E-state index contributed by atoms with van der Waals surface area (Å²) in [4.78, 5) is 30.3. The maximum absolute atomic E-state index is 13.5. The molecule has 30 heavy (non-hydrogen) atoms. The Hall–Kier alpha value is -3.19. The molecule has 1 aromatic heterocycles. The number of fused-ring (bicyclic) bond motifs is 2. The van der Waals surface area contributed by atoms with Gasteiger partial charge in [0.25, 0.3) is 11.8 Å². The highest BCUT2D eigenvalue weighted by molar-refractivity contribution is 6.30. The molecule has 2 aliphatic heterocycles. The first kappa shape index (κ1) is 18.8. The number of nitrogens with zero attached hydrogens (tertiary/aromatic N) is 4. The smallest absolute Gasteiger partial charge is 0.274 e. The predicted molar refractivity (Wildman–Crippen MR) is 109 cm³/mol. The number of amides is 2. The number of carbonyl (C=O) groups excluding carboxylic acids is 2. The van der Waals surface area contributed by atoms with E-state index in [1.807, 2.05) is 19.1 Å². The van der Waals surface area contributed by atoms with E-state index in [1.165, 1.54) is 24.3 Å². The molecule has 1 saturated heterocycles. The van der Waals surface area contributed by atoms with E-state index in [0.29, 0.717) is 35.9 Å². The highest BCUT2D eigenvalue weighted by Gasteiger charge is 2.56. The third-order valence-corrected chi connectivity index (χ3v) is 6.07. The first-order valence-electron chi connectivity index (χ1n) is 9.60. The van der Waals surface area contributed by atoms with Gasteiger partial charge < -0.3 is 9.80 Å². The molecule has 0 aliphatic carbocycles. The molecule has 1 atom stereocenters. The topological polar surface area (TPSA) is 58.4 Å². The highest BCUT2D eigenvalue weighted by Crippen LogP contribution is 2.43. The number of carbonyl (C=O) groups is 2. The lowest BCUT2D eigenvalue weighted by Gasteiger charge is -2.46. The Morgan fingerprint density at radius 2 is 1.80 bits per heavy atom. The minimum absolute atomic E-state index is 0.175. The summed E-state index contributed by atoms with van der Waals surface area (Å²) >= 11 is 6.10. The van der Waals surface area contributed by atoms with Crippen LogP contribution in [0.25, 0.3) is 0 Å². The summed E-state index contributed by atoms with van der Waals surface area (Å²) in [5, 5.41) is 5.05. The lowest BCUT2D eigenvalue weighted by Crippen LogP contribution is -2.60. The van der Waals surface area contributed by atoms with Crippen molar-refractivity contribution in [3.63, 3.8) is 0 Å². The highest BCUT2D eigenvalue weighted by atomic mass is 35.5. The number of aryl methyl sites for hydroxylation is 1. The van der Waals surface area contributed by atoms with Crippen LogP contribution in [0.2, 0.25) is 5.02 Å². The monoisotopic (exact) mass is 424 g/mol. The molecule has 1 fully saturated rings. The third kappa shape index (κ3) is 2.65.